The molecule has 0 spiro atoms. The molecule has 9 heteroatoms. The highest BCUT2D eigenvalue weighted by atomic mass is 32.1. The van der Waals surface area contributed by atoms with Gasteiger partial charge in [-0.1, -0.05) is 37.3 Å². The quantitative estimate of drug-likeness (QED) is 0.416. The van der Waals surface area contributed by atoms with E-state index in [0.717, 1.165) is 16.9 Å². The minimum atomic E-state index is -0.412. The number of aromatic nitrogens is 4. The summed E-state index contributed by atoms with van der Waals surface area (Å²) in [6, 6.07) is 7.53. The van der Waals surface area contributed by atoms with Crippen LogP contribution in [0.5, 0.6) is 0 Å². The van der Waals surface area contributed by atoms with E-state index < -0.39 is 4.92 Å². The number of anilines is 1. The third-order valence-corrected chi connectivity index (χ3v) is 4.83. The van der Waals surface area contributed by atoms with Gasteiger partial charge in [-0.3, -0.25) is 0 Å². The summed E-state index contributed by atoms with van der Waals surface area (Å²) >= 11 is 1.36. The predicted molar refractivity (Wildman–Crippen MR) is 97.0 cm³/mol. The molecule has 25 heavy (non-hydrogen) atoms. The first-order chi connectivity index (χ1) is 12.0. The lowest BCUT2D eigenvalue weighted by Crippen LogP contribution is -2.19. The molecule has 0 bridgehead atoms. The molecule has 1 atom stereocenters. The van der Waals surface area contributed by atoms with Crippen molar-refractivity contribution in [1.29, 1.82) is 0 Å². The van der Waals surface area contributed by atoms with Crippen molar-refractivity contribution < 1.29 is 4.92 Å². The average Bonchev–Trinajstić information content (AvgIpc) is 3.24. The van der Waals surface area contributed by atoms with Crippen LogP contribution in [0.15, 0.2) is 35.8 Å². The van der Waals surface area contributed by atoms with Crippen molar-refractivity contribution in [3.05, 3.63) is 51.8 Å². The average molecular weight is 356 g/mol. The van der Waals surface area contributed by atoms with Gasteiger partial charge in [0.1, 0.15) is 12.0 Å². The van der Waals surface area contributed by atoms with Crippen LogP contribution < -0.4 is 5.32 Å². The predicted octanol–water partition coefficient (Wildman–Crippen LogP) is 3.99. The summed E-state index contributed by atoms with van der Waals surface area (Å²) in [6.45, 7) is 4.07. The molecule has 3 heterocycles. The van der Waals surface area contributed by atoms with E-state index in [1.165, 1.54) is 15.7 Å². The van der Waals surface area contributed by atoms with E-state index in [-0.39, 0.29) is 23.6 Å². The van der Waals surface area contributed by atoms with E-state index >= 15 is 0 Å². The maximum atomic E-state index is 11.5. The number of nitro groups is 1. The molecule has 2 N–H and O–H groups in total. The van der Waals surface area contributed by atoms with E-state index in [9.17, 15) is 10.1 Å². The van der Waals surface area contributed by atoms with E-state index in [2.05, 4.69) is 20.3 Å². The number of para-hydroxylation sites is 2. The van der Waals surface area contributed by atoms with Gasteiger partial charge in [0.15, 0.2) is 0 Å². The lowest BCUT2D eigenvalue weighted by molar-refractivity contribution is -0.389. The third-order valence-electron chi connectivity index (χ3n) is 4.07. The first-order valence-corrected chi connectivity index (χ1v) is 8.73. The minimum absolute atomic E-state index is 0.0574. The van der Waals surface area contributed by atoms with Gasteiger partial charge in [0.2, 0.25) is 5.82 Å². The largest absolute Gasteiger partial charge is 0.372 e. The lowest BCUT2D eigenvalue weighted by Gasteiger charge is -2.19. The number of imidazole rings is 2. The number of hydrogen-bond donors (Lipinski definition) is 2. The van der Waals surface area contributed by atoms with Gasteiger partial charge in [-0.25, -0.2) is 4.98 Å². The van der Waals surface area contributed by atoms with E-state index in [1.807, 2.05) is 38.1 Å². The number of benzene rings is 1. The zero-order chi connectivity index (χ0) is 17.6. The summed E-state index contributed by atoms with van der Waals surface area (Å²) in [5.74, 6) is 1.09. The van der Waals surface area contributed by atoms with Gasteiger partial charge in [-0.15, -0.1) is 0 Å². The highest BCUT2D eigenvalue weighted by molar-refractivity contribution is 7.15. The molecule has 0 fully saturated rings. The molecule has 4 aromatic rings. The Morgan fingerprint density at radius 2 is 2.12 bits per heavy atom. The fourth-order valence-electron chi connectivity index (χ4n) is 2.86. The molecule has 0 aliphatic rings. The van der Waals surface area contributed by atoms with Crippen LogP contribution in [0.2, 0.25) is 0 Å². The standard InChI is InChI=1S/C16H16N6O2S/c1-9(2)12(13-17-10-5-3-4-6-11(10)18-13)19-14-15(22(23)24)21-7-8-25-16(21)20-14/h3-9,12,19H,1-2H3,(H,17,18)/t12-/m1/s1. The second kappa shape index (κ2) is 5.85. The molecule has 128 valence electrons. The Morgan fingerprint density at radius 3 is 2.84 bits per heavy atom. The number of thiazole rings is 1. The summed E-state index contributed by atoms with van der Waals surface area (Å²) in [7, 11) is 0. The Morgan fingerprint density at radius 1 is 1.32 bits per heavy atom. The first kappa shape index (κ1) is 15.6. The Balaban J connectivity index is 1.77. The van der Waals surface area contributed by atoms with Crippen molar-refractivity contribution >= 4 is 39.0 Å². The number of aromatic amines is 1. The number of nitrogens with zero attached hydrogens (tertiary/aromatic N) is 4. The van der Waals surface area contributed by atoms with E-state index in [1.54, 1.807) is 11.6 Å². The van der Waals surface area contributed by atoms with Gasteiger partial charge in [-0.05, 0) is 23.0 Å². The van der Waals surface area contributed by atoms with Crippen molar-refractivity contribution in [3.8, 4) is 0 Å². The molecule has 0 radical (unpaired) electrons. The van der Waals surface area contributed by atoms with Crippen LogP contribution in [0.3, 0.4) is 0 Å². The van der Waals surface area contributed by atoms with Gasteiger partial charge in [-0.2, -0.15) is 9.38 Å². The topological polar surface area (TPSA) is 101 Å². The maximum absolute atomic E-state index is 11.5. The van der Waals surface area contributed by atoms with Gasteiger partial charge < -0.3 is 20.4 Å². The Hall–Kier alpha value is -2.94. The zero-order valence-corrected chi connectivity index (χ0v) is 14.4. The summed E-state index contributed by atoms with van der Waals surface area (Å²) in [5.41, 5.74) is 1.80. The number of H-pyrrole nitrogens is 1. The highest BCUT2D eigenvalue weighted by Crippen LogP contribution is 2.33. The molecule has 0 aliphatic heterocycles. The third kappa shape index (κ3) is 2.62. The number of hydrogen-bond acceptors (Lipinski definition) is 6. The van der Waals surface area contributed by atoms with Crippen LogP contribution in [0.25, 0.3) is 16.0 Å². The van der Waals surface area contributed by atoms with Gasteiger partial charge in [0.25, 0.3) is 4.96 Å². The SMILES string of the molecule is CC(C)[C@@H](Nc1nc2sccn2c1[N+](=O)[O-])c1nc2ccccc2[nH]1. The Labute approximate surface area is 146 Å². The molecule has 0 unspecified atom stereocenters. The molecule has 1 aromatic carbocycles. The van der Waals surface area contributed by atoms with Crippen LogP contribution >= 0.6 is 11.3 Å². The number of rotatable bonds is 5. The minimum Gasteiger partial charge on any atom is -0.358 e. The molecule has 3 aromatic heterocycles. The maximum Gasteiger partial charge on any atom is 0.372 e. The Bertz CT molecular complexity index is 1030. The van der Waals surface area contributed by atoms with Crippen molar-refractivity contribution in [2.75, 3.05) is 5.32 Å². The monoisotopic (exact) mass is 356 g/mol. The van der Waals surface area contributed by atoms with Crippen molar-refractivity contribution in [1.82, 2.24) is 19.4 Å². The molecule has 4 rings (SSSR count). The van der Waals surface area contributed by atoms with Gasteiger partial charge in [0, 0.05) is 5.38 Å². The number of fused-ring (bicyclic) bond motifs is 2. The zero-order valence-electron chi connectivity index (χ0n) is 13.6. The van der Waals surface area contributed by atoms with Gasteiger partial charge >= 0.3 is 5.82 Å². The molecule has 0 amide bonds. The van der Waals surface area contributed by atoms with Crippen LogP contribution in [0.1, 0.15) is 25.7 Å². The van der Waals surface area contributed by atoms with Crippen LogP contribution in [0, 0.1) is 16.0 Å². The van der Waals surface area contributed by atoms with Crippen molar-refractivity contribution in [2.24, 2.45) is 5.92 Å². The molecule has 0 aliphatic carbocycles. The summed E-state index contributed by atoms with van der Waals surface area (Å²) in [5, 5.41) is 16.5. The molecular formula is C16H16N6O2S. The van der Waals surface area contributed by atoms with Gasteiger partial charge in [0.05, 0.1) is 17.1 Å². The summed E-state index contributed by atoms with van der Waals surface area (Å²) in [4.78, 5) is 24.0. The van der Waals surface area contributed by atoms with E-state index in [0.29, 0.717) is 4.96 Å². The Kier molecular flexibility index (Phi) is 3.65. The second-order valence-corrected chi connectivity index (χ2v) is 6.97. The molecule has 0 saturated carbocycles. The fourth-order valence-corrected chi connectivity index (χ4v) is 3.57. The van der Waals surface area contributed by atoms with Crippen molar-refractivity contribution in [3.63, 3.8) is 0 Å². The van der Waals surface area contributed by atoms with Crippen molar-refractivity contribution in [2.45, 2.75) is 19.9 Å². The first-order valence-electron chi connectivity index (χ1n) is 7.85. The molecule has 0 saturated heterocycles. The van der Waals surface area contributed by atoms with E-state index in [4.69, 9.17) is 0 Å². The van der Waals surface area contributed by atoms with Crippen LogP contribution in [-0.4, -0.2) is 24.3 Å². The molecule has 8 nitrogen and oxygen atoms in total. The lowest BCUT2D eigenvalue weighted by atomic mass is 10.0. The summed E-state index contributed by atoms with van der Waals surface area (Å²) in [6.07, 6.45) is 1.65. The number of nitrogens with one attached hydrogen (secondary N) is 2. The summed E-state index contributed by atoms with van der Waals surface area (Å²) < 4.78 is 1.49. The highest BCUT2D eigenvalue weighted by Gasteiger charge is 2.28. The van der Waals surface area contributed by atoms with Crippen LogP contribution in [-0.2, 0) is 0 Å². The smallest absolute Gasteiger partial charge is 0.358 e. The normalized spacial score (nSPS) is 12.9. The fraction of sp³-hybridized carbons (Fsp3) is 0.250. The van der Waals surface area contributed by atoms with Crippen LogP contribution in [0.4, 0.5) is 11.6 Å². The second-order valence-electron chi connectivity index (χ2n) is 6.10. The molecular weight excluding hydrogens is 340 g/mol.